The molecule has 4 heterocycles. The van der Waals surface area contributed by atoms with Crippen molar-refractivity contribution in [1.29, 1.82) is 0 Å². The summed E-state index contributed by atoms with van der Waals surface area (Å²) in [4.78, 5) is 19.5. The third-order valence-corrected chi connectivity index (χ3v) is 4.77. The van der Waals surface area contributed by atoms with E-state index in [2.05, 4.69) is 41.2 Å². The first-order valence-corrected chi connectivity index (χ1v) is 8.72. The average molecular weight is 378 g/mol. The Kier molecular flexibility index (Phi) is 4.94. The van der Waals surface area contributed by atoms with Crippen molar-refractivity contribution in [3.63, 3.8) is 0 Å². The highest BCUT2D eigenvalue weighted by Crippen LogP contribution is 2.30. The Bertz CT molecular complexity index is 960. The molecule has 0 aromatic carbocycles. The van der Waals surface area contributed by atoms with Gasteiger partial charge in [0.25, 0.3) is 5.56 Å². The second-order valence-corrected chi connectivity index (χ2v) is 7.68. The number of halogens is 1. The van der Waals surface area contributed by atoms with Crippen LogP contribution in [0.4, 0.5) is 0 Å². The van der Waals surface area contributed by atoms with E-state index < -0.39 is 0 Å². The van der Waals surface area contributed by atoms with Gasteiger partial charge in [0.05, 0.1) is 23.7 Å². The number of H-pyrrole nitrogens is 1. The van der Waals surface area contributed by atoms with Gasteiger partial charge < -0.3 is 14.7 Å². The standard InChI is InChI=1S/C18H23N5O2.ClH/c1-18(2,3)14-10-20-17(25-14)12-9-21-23-13(8-15(24)22-16(12)23)11-4-6-19-7-5-11;/h8-11,19H,4-7H2,1-3H3,(H,22,24);1H. The molecule has 0 amide bonds. The molecule has 1 aliphatic heterocycles. The smallest absolute Gasteiger partial charge is 0.251 e. The van der Waals surface area contributed by atoms with Crippen LogP contribution >= 0.6 is 12.4 Å². The molecule has 0 unspecified atom stereocenters. The zero-order valence-electron chi connectivity index (χ0n) is 15.2. The molecule has 0 atom stereocenters. The van der Waals surface area contributed by atoms with Gasteiger partial charge in [-0.05, 0) is 25.9 Å². The van der Waals surface area contributed by atoms with Gasteiger partial charge in [-0.25, -0.2) is 9.50 Å². The molecule has 140 valence electrons. The van der Waals surface area contributed by atoms with Crippen LogP contribution in [0.5, 0.6) is 0 Å². The van der Waals surface area contributed by atoms with Crippen molar-refractivity contribution in [3.05, 3.63) is 40.3 Å². The van der Waals surface area contributed by atoms with Gasteiger partial charge in [-0.15, -0.1) is 12.4 Å². The number of oxazole rings is 1. The van der Waals surface area contributed by atoms with Crippen molar-refractivity contribution >= 4 is 18.1 Å². The predicted octanol–water partition coefficient (Wildman–Crippen LogP) is 2.86. The van der Waals surface area contributed by atoms with Crippen molar-refractivity contribution in [3.8, 4) is 11.5 Å². The quantitative estimate of drug-likeness (QED) is 0.716. The maximum atomic E-state index is 12.2. The number of nitrogens with one attached hydrogen (secondary N) is 2. The minimum absolute atomic E-state index is 0. The number of aromatic nitrogens is 4. The summed E-state index contributed by atoms with van der Waals surface area (Å²) >= 11 is 0. The lowest BCUT2D eigenvalue weighted by molar-refractivity contribution is 0.416. The maximum absolute atomic E-state index is 12.2. The van der Waals surface area contributed by atoms with E-state index in [1.807, 2.05) is 4.52 Å². The van der Waals surface area contributed by atoms with Gasteiger partial charge in [0.2, 0.25) is 5.89 Å². The molecule has 3 aromatic heterocycles. The van der Waals surface area contributed by atoms with E-state index in [-0.39, 0.29) is 23.4 Å². The maximum Gasteiger partial charge on any atom is 0.251 e. The Balaban J connectivity index is 0.00000196. The molecule has 4 rings (SSSR count). The van der Waals surface area contributed by atoms with Crippen molar-refractivity contribution in [1.82, 2.24) is 24.9 Å². The third-order valence-electron chi connectivity index (χ3n) is 4.77. The van der Waals surface area contributed by atoms with Crippen molar-refractivity contribution < 1.29 is 4.42 Å². The molecule has 0 spiro atoms. The second-order valence-electron chi connectivity index (χ2n) is 7.68. The van der Waals surface area contributed by atoms with E-state index in [0.717, 1.165) is 37.4 Å². The van der Waals surface area contributed by atoms with Crippen LogP contribution in [-0.2, 0) is 5.41 Å². The lowest BCUT2D eigenvalue weighted by Crippen LogP contribution is -2.28. The Morgan fingerprint density at radius 1 is 1.23 bits per heavy atom. The summed E-state index contributed by atoms with van der Waals surface area (Å²) in [5.74, 6) is 1.62. The molecule has 1 aliphatic rings. The minimum atomic E-state index is -0.123. The van der Waals surface area contributed by atoms with Crippen LogP contribution in [0.25, 0.3) is 17.1 Å². The largest absolute Gasteiger partial charge is 0.440 e. The van der Waals surface area contributed by atoms with E-state index in [1.165, 1.54) is 0 Å². The zero-order chi connectivity index (χ0) is 17.6. The van der Waals surface area contributed by atoms with Crippen LogP contribution in [0.15, 0.2) is 27.7 Å². The first-order valence-electron chi connectivity index (χ1n) is 8.72. The highest BCUT2D eigenvalue weighted by molar-refractivity contribution is 5.85. The van der Waals surface area contributed by atoms with Crippen LogP contribution < -0.4 is 10.9 Å². The first kappa shape index (κ1) is 18.7. The van der Waals surface area contributed by atoms with Gasteiger partial charge in [-0.2, -0.15) is 5.10 Å². The SMILES string of the molecule is CC(C)(C)c1cnc(-c2cnn3c(C4CCNCC4)cc(=O)[nH]c23)o1.Cl. The van der Waals surface area contributed by atoms with E-state index in [9.17, 15) is 4.79 Å². The van der Waals surface area contributed by atoms with E-state index >= 15 is 0 Å². The van der Waals surface area contributed by atoms with Gasteiger partial charge in [0, 0.05) is 17.4 Å². The minimum Gasteiger partial charge on any atom is -0.440 e. The molecule has 0 saturated carbocycles. The molecule has 0 bridgehead atoms. The molecule has 1 saturated heterocycles. The predicted molar refractivity (Wildman–Crippen MR) is 102 cm³/mol. The summed E-state index contributed by atoms with van der Waals surface area (Å²) in [6, 6.07) is 1.66. The molecule has 3 aromatic rings. The average Bonchev–Trinajstić information content (AvgIpc) is 3.21. The topological polar surface area (TPSA) is 88.2 Å². The highest BCUT2D eigenvalue weighted by atomic mass is 35.5. The summed E-state index contributed by atoms with van der Waals surface area (Å²) in [6.07, 6.45) is 5.46. The van der Waals surface area contributed by atoms with E-state index in [4.69, 9.17) is 4.42 Å². The summed E-state index contributed by atoms with van der Waals surface area (Å²) in [7, 11) is 0. The van der Waals surface area contributed by atoms with Crippen molar-refractivity contribution in [2.45, 2.75) is 44.9 Å². The van der Waals surface area contributed by atoms with Crippen molar-refractivity contribution in [2.75, 3.05) is 13.1 Å². The molecule has 2 N–H and O–H groups in total. The molecule has 8 heteroatoms. The number of rotatable bonds is 2. The second kappa shape index (κ2) is 6.89. The summed E-state index contributed by atoms with van der Waals surface area (Å²) in [5.41, 5.74) is 2.06. The summed E-state index contributed by atoms with van der Waals surface area (Å²) < 4.78 is 7.76. The van der Waals surface area contributed by atoms with Crippen LogP contribution in [0.3, 0.4) is 0 Å². The summed E-state index contributed by atoms with van der Waals surface area (Å²) in [6.45, 7) is 8.14. The van der Waals surface area contributed by atoms with Crippen LogP contribution in [-0.4, -0.2) is 32.7 Å². The normalized spacial score (nSPS) is 16.0. The zero-order valence-corrected chi connectivity index (χ0v) is 16.0. The van der Waals surface area contributed by atoms with Crippen LogP contribution in [0, 0.1) is 0 Å². The molecule has 1 fully saturated rings. The van der Waals surface area contributed by atoms with Gasteiger partial charge in [-0.3, -0.25) is 4.79 Å². The molecule has 26 heavy (non-hydrogen) atoms. The molecule has 0 radical (unpaired) electrons. The number of piperidine rings is 1. The van der Waals surface area contributed by atoms with E-state index in [0.29, 0.717) is 23.0 Å². The van der Waals surface area contributed by atoms with Gasteiger partial charge >= 0.3 is 0 Å². The number of nitrogens with zero attached hydrogens (tertiary/aromatic N) is 3. The van der Waals surface area contributed by atoms with E-state index in [1.54, 1.807) is 18.5 Å². The van der Waals surface area contributed by atoms with Gasteiger partial charge in [-0.1, -0.05) is 20.8 Å². The molecule has 7 nitrogen and oxygen atoms in total. The number of hydrogen-bond acceptors (Lipinski definition) is 5. The fraction of sp³-hybridized carbons (Fsp3) is 0.500. The van der Waals surface area contributed by atoms with Gasteiger partial charge in [0.1, 0.15) is 11.4 Å². The Labute approximate surface area is 157 Å². The lowest BCUT2D eigenvalue weighted by atomic mass is 9.94. The van der Waals surface area contributed by atoms with Crippen molar-refractivity contribution in [2.24, 2.45) is 0 Å². The molecular weight excluding hydrogens is 354 g/mol. The number of hydrogen-bond donors (Lipinski definition) is 2. The third kappa shape index (κ3) is 3.29. The monoisotopic (exact) mass is 377 g/mol. The Hall–Kier alpha value is -2.12. The number of aromatic amines is 1. The lowest BCUT2D eigenvalue weighted by Gasteiger charge is -2.23. The fourth-order valence-corrected chi connectivity index (χ4v) is 3.32. The fourth-order valence-electron chi connectivity index (χ4n) is 3.32. The highest BCUT2D eigenvalue weighted by Gasteiger charge is 2.24. The molecule has 0 aliphatic carbocycles. The Morgan fingerprint density at radius 2 is 1.96 bits per heavy atom. The number of fused-ring (bicyclic) bond motifs is 1. The molecular formula is C18H24ClN5O2. The first-order chi connectivity index (χ1) is 11.9. The summed E-state index contributed by atoms with van der Waals surface area (Å²) in [5, 5.41) is 7.86. The van der Waals surface area contributed by atoms with Crippen LogP contribution in [0.1, 0.15) is 51.0 Å². The van der Waals surface area contributed by atoms with Gasteiger partial charge in [0.15, 0.2) is 0 Å². The van der Waals surface area contributed by atoms with Crippen LogP contribution in [0.2, 0.25) is 0 Å². The Morgan fingerprint density at radius 3 is 2.62 bits per heavy atom.